The summed E-state index contributed by atoms with van der Waals surface area (Å²) < 4.78 is 0. The summed E-state index contributed by atoms with van der Waals surface area (Å²) in [4.78, 5) is 0. The Hall–Kier alpha value is -4.10. The van der Waals surface area contributed by atoms with Crippen LogP contribution in [-0.4, -0.2) is 5.11 Å². The van der Waals surface area contributed by atoms with Gasteiger partial charge in [-0.15, -0.1) is 0 Å². The molecule has 0 fully saturated rings. The molecule has 0 spiro atoms. The second-order valence-corrected chi connectivity index (χ2v) is 8.35. The molecule has 0 aliphatic carbocycles. The standard InChI is InChI=1S/C30H18O/c31-24-16-15-19-6-8-21-10-12-23-14-13-22-11-9-20-7-5-18-3-1-2-4-25(18)27(20)29(22)30(23)28(21)26(19)17-24/h1-17,31H. The molecule has 7 rings (SSSR count). The molecule has 1 N–H and O–H groups in total. The number of phenols is 1. The van der Waals surface area contributed by atoms with E-state index in [4.69, 9.17) is 0 Å². The fraction of sp³-hybridized carbons (Fsp3) is 0. The smallest absolute Gasteiger partial charge is 0.116 e. The normalized spacial score (nSPS) is 12.0. The van der Waals surface area contributed by atoms with E-state index in [9.17, 15) is 5.11 Å². The number of phenolic OH excluding ortho intramolecular Hbond substituents is 1. The first-order chi connectivity index (χ1) is 15.3. The molecule has 0 aromatic heterocycles. The van der Waals surface area contributed by atoms with Gasteiger partial charge < -0.3 is 5.11 Å². The van der Waals surface area contributed by atoms with Gasteiger partial charge in [-0.3, -0.25) is 0 Å². The van der Waals surface area contributed by atoms with E-state index in [-0.39, 0.29) is 0 Å². The topological polar surface area (TPSA) is 20.2 Å². The van der Waals surface area contributed by atoms with E-state index in [2.05, 4.69) is 84.9 Å². The summed E-state index contributed by atoms with van der Waals surface area (Å²) in [6.07, 6.45) is 0. The predicted octanol–water partition coefficient (Wildman–Crippen LogP) is 8.31. The zero-order valence-corrected chi connectivity index (χ0v) is 16.8. The Kier molecular flexibility index (Phi) is 3.21. The zero-order valence-electron chi connectivity index (χ0n) is 16.8. The molecule has 0 saturated heterocycles. The lowest BCUT2D eigenvalue weighted by Crippen LogP contribution is -1.86. The lowest BCUT2D eigenvalue weighted by Gasteiger charge is -2.14. The first-order valence-corrected chi connectivity index (χ1v) is 10.6. The molecule has 31 heavy (non-hydrogen) atoms. The molecule has 0 aliphatic rings. The number of benzene rings is 7. The molecular weight excluding hydrogens is 376 g/mol. The van der Waals surface area contributed by atoms with Crippen LogP contribution in [0.25, 0.3) is 64.6 Å². The van der Waals surface area contributed by atoms with Crippen LogP contribution in [0.2, 0.25) is 0 Å². The average Bonchev–Trinajstić information content (AvgIpc) is 2.82. The third-order valence-electron chi connectivity index (χ3n) is 6.65. The van der Waals surface area contributed by atoms with Gasteiger partial charge in [0.15, 0.2) is 0 Å². The molecule has 0 bridgehead atoms. The van der Waals surface area contributed by atoms with Gasteiger partial charge in [-0.05, 0) is 76.8 Å². The van der Waals surface area contributed by atoms with Gasteiger partial charge in [-0.1, -0.05) is 91.0 Å². The summed E-state index contributed by atoms with van der Waals surface area (Å²) in [6.45, 7) is 0. The number of aromatic hydroxyl groups is 1. The Morgan fingerprint density at radius 2 is 0.774 bits per heavy atom. The zero-order chi connectivity index (χ0) is 20.5. The first kappa shape index (κ1) is 16.7. The van der Waals surface area contributed by atoms with E-state index in [1.54, 1.807) is 6.07 Å². The highest BCUT2D eigenvalue weighted by Crippen LogP contribution is 2.41. The average molecular weight is 394 g/mol. The summed E-state index contributed by atoms with van der Waals surface area (Å²) in [7, 11) is 0. The minimum Gasteiger partial charge on any atom is -0.508 e. The van der Waals surface area contributed by atoms with E-state index in [0.29, 0.717) is 5.75 Å². The van der Waals surface area contributed by atoms with E-state index in [1.165, 1.54) is 53.9 Å². The highest BCUT2D eigenvalue weighted by atomic mass is 16.3. The minimum atomic E-state index is 0.299. The third-order valence-corrected chi connectivity index (χ3v) is 6.65. The Bertz CT molecular complexity index is 1820. The van der Waals surface area contributed by atoms with Crippen molar-refractivity contribution in [3.63, 3.8) is 0 Å². The van der Waals surface area contributed by atoms with Crippen molar-refractivity contribution in [2.45, 2.75) is 0 Å². The maximum atomic E-state index is 10.3. The van der Waals surface area contributed by atoms with Gasteiger partial charge in [-0.25, -0.2) is 0 Å². The van der Waals surface area contributed by atoms with E-state index < -0.39 is 0 Å². The van der Waals surface area contributed by atoms with Crippen molar-refractivity contribution in [2.75, 3.05) is 0 Å². The molecule has 7 aromatic rings. The molecule has 0 heterocycles. The molecule has 0 radical (unpaired) electrons. The number of fused-ring (bicyclic) bond motifs is 11. The van der Waals surface area contributed by atoms with Crippen LogP contribution >= 0.6 is 0 Å². The third kappa shape index (κ3) is 2.26. The summed E-state index contributed by atoms with van der Waals surface area (Å²) >= 11 is 0. The van der Waals surface area contributed by atoms with Gasteiger partial charge in [0.2, 0.25) is 0 Å². The summed E-state index contributed by atoms with van der Waals surface area (Å²) in [6, 6.07) is 36.4. The van der Waals surface area contributed by atoms with Crippen molar-refractivity contribution >= 4 is 64.6 Å². The quantitative estimate of drug-likeness (QED) is 0.256. The van der Waals surface area contributed by atoms with Gasteiger partial charge in [0, 0.05) is 0 Å². The van der Waals surface area contributed by atoms with Crippen LogP contribution in [0.3, 0.4) is 0 Å². The second kappa shape index (κ2) is 5.96. The lowest BCUT2D eigenvalue weighted by atomic mass is 9.89. The number of hydrogen-bond donors (Lipinski definition) is 1. The molecule has 1 nitrogen and oxygen atoms in total. The van der Waals surface area contributed by atoms with E-state index in [1.807, 2.05) is 12.1 Å². The van der Waals surface area contributed by atoms with Crippen LogP contribution in [0.4, 0.5) is 0 Å². The van der Waals surface area contributed by atoms with Crippen LogP contribution in [0.5, 0.6) is 5.75 Å². The van der Waals surface area contributed by atoms with Gasteiger partial charge in [0.1, 0.15) is 5.75 Å². The van der Waals surface area contributed by atoms with Crippen LogP contribution in [-0.2, 0) is 0 Å². The van der Waals surface area contributed by atoms with Crippen LogP contribution < -0.4 is 0 Å². The molecule has 0 saturated carbocycles. The van der Waals surface area contributed by atoms with Gasteiger partial charge >= 0.3 is 0 Å². The Morgan fingerprint density at radius 3 is 1.39 bits per heavy atom. The molecule has 0 amide bonds. The largest absolute Gasteiger partial charge is 0.508 e. The summed E-state index contributed by atoms with van der Waals surface area (Å²) in [5.41, 5.74) is 0. The van der Waals surface area contributed by atoms with Crippen molar-refractivity contribution in [3.05, 3.63) is 103 Å². The first-order valence-electron chi connectivity index (χ1n) is 10.6. The van der Waals surface area contributed by atoms with E-state index in [0.717, 1.165) is 10.8 Å². The molecule has 144 valence electrons. The van der Waals surface area contributed by atoms with Gasteiger partial charge in [0.25, 0.3) is 0 Å². The van der Waals surface area contributed by atoms with Crippen LogP contribution in [0.1, 0.15) is 0 Å². The lowest BCUT2D eigenvalue weighted by molar-refractivity contribution is 0.476. The van der Waals surface area contributed by atoms with E-state index >= 15 is 0 Å². The highest BCUT2D eigenvalue weighted by Gasteiger charge is 2.13. The fourth-order valence-electron chi connectivity index (χ4n) is 5.26. The van der Waals surface area contributed by atoms with Crippen molar-refractivity contribution < 1.29 is 5.11 Å². The monoisotopic (exact) mass is 394 g/mol. The number of rotatable bonds is 0. The molecule has 0 atom stereocenters. The fourth-order valence-corrected chi connectivity index (χ4v) is 5.26. The van der Waals surface area contributed by atoms with Crippen molar-refractivity contribution in [1.29, 1.82) is 0 Å². The molecule has 0 aliphatic heterocycles. The maximum absolute atomic E-state index is 10.3. The predicted molar refractivity (Wildman–Crippen MR) is 133 cm³/mol. The van der Waals surface area contributed by atoms with Crippen LogP contribution in [0.15, 0.2) is 103 Å². The highest BCUT2D eigenvalue weighted by molar-refractivity contribution is 6.35. The molecule has 0 unspecified atom stereocenters. The Balaban J connectivity index is 1.88. The van der Waals surface area contributed by atoms with Crippen molar-refractivity contribution in [3.8, 4) is 5.75 Å². The minimum absolute atomic E-state index is 0.299. The van der Waals surface area contributed by atoms with Gasteiger partial charge in [0.05, 0.1) is 0 Å². The molecular formula is C30H18O. The number of hydrogen-bond acceptors (Lipinski definition) is 1. The molecule has 1 heteroatoms. The van der Waals surface area contributed by atoms with Gasteiger partial charge in [-0.2, -0.15) is 0 Å². The van der Waals surface area contributed by atoms with Crippen molar-refractivity contribution in [2.24, 2.45) is 0 Å². The second-order valence-electron chi connectivity index (χ2n) is 8.35. The Labute approximate surface area is 178 Å². The summed E-state index contributed by atoms with van der Waals surface area (Å²) in [5, 5.41) is 25.0. The summed E-state index contributed by atoms with van der Waals surface area (Å²) in [5.74, 6) is 0.299. The molecule has 7 aromatic carbocycles. The van der Waals surface area contributed by atoms with Crippen molar-refractivity contribution in [1.82, 2.24) is 0 Å². The SMILES string of the molecule is Oc1ccc2ccc3ccc4ccc5ccc6ccc7ccccc7c6c5c4c3c2c1. The van der Waals surface area contributed by atoms with Crippen LogP contribution in [0, 0.1) is 0 Å². The Morgan fingerprint density at radius 1 is 0.355 bits per heavy atom. The maximum Gasteiger partial charge on any atom is 0.116 e.